The summed E-state index contributed by atoms with van der Waals surface area (Å²) < 4.78 is 48.2. The number of halogens is 4. The summed E-state index contributed by atoms with van der Waals surface area (Å²) in [5, 5.41) is 1.83. The Balaban J connectivity index is 2.22. The van der Waals surface area contributed by atoms with Crippen molar-refractivity contribution in [2.75, 3.05) is 6.54 Å². The van der Waals surface area contributed by atoms with Gasteiger partial charge in [-0.15, -0.1) is 0 Å². The molecule has 1 aliphatic rings. The van der Waals surface area contributed by atoms with E-state index in [0.717, 1.165) is 19.3 Å². The van der Waals surface area contributed by atoms with Gasteiger partial charge >= 0.3 is 12.3 Å². The lowest BCUT2D eigenvalue weighted by molar-refractivity contribution is -0.169. The molecule has 1 aliphatic carbocycles. The molecule has 1 amide bonds. The van der Waals surface area contributed by atoms with Crippen LogP contribution in [0.4, 0.5) is 17.6 Å². The van der Waals surface area contributed by atoms with Crippen LogP contribution in [0.2, 0.25) is 0 Å². The number of alkyl halides is 4. The van der Waals surface area contributed by atoms with Crippen LogP contribution in [0.3, 0.4) is 0 Å². The summed E-state index contributed by atoms with van der Waals surface area (Å²) >= 11 is 0. The maximum absolute atomic E-state index is 12.4. The minimum Gasteiger partial charge on any atom is -0.351 e. The van der Waals surface area contributed by atoms with Crippen LogP contribution in [0.15, 0.2) is 0 Å². The van der Waals surface area contributed by atoms with Crippen LogP contribution in [-0.4, -0.2) is 24.8 Å². The Bertz CT molecular complexity index is 228. The predicted octanol–water partition coefficient (Wildman–Crippen LogP) is 2.19. The molecule has 0 spiro atoms. The molecule has 0 aliphatic heterocycles. The molecule has 0 aromatic rings. The zero-order valence-electron chi connectivity index (χ0n) is 8.11. The second kappa shape index (κ2) is 4.81. The van der Waals surface area contributed by atoms with Gasteiger partial charge in [-0.2, -0.15) is 8.78 Å². The number of hydrogen-bond donors (Lipinski definition) is 1. The van der Waals surface area contributed by atoms with Crippen molar-refractivity contribution in [3.05, 3.63) is 0 Å². The van der Waals surface area contributed by atoms with Crippen molar-refractivity contribution >= 4 is 5.91 Å². The molecule has 88 valence electrons. The average molecular weight is 227 g/mol. The molecule has 0 aromatic heterocycles. The second-order valence-corrected chi connectivity index (χ2v) is 3.77. The van der Waals surface area contributed by atoms with E-state index in [9.17, 15) is 22.4 Å². The Kier molecular flexibility index (Phi) is 3.93. The Hall–Kier alpha value is -0.810. The summed E-state index contributed by atoms with van der Waals surface area (Å²) in [4.78, 5) is 10.7. The van der Waals surface area contributed by atoms with Crippen molar-refractivity contribution < 1.29 is 22.4 Å². The van der Waals surface area contributed by atoms with Crippen molar-refractivity contribution in [1.29, 1.82) is 0 Å². The van der Waals surface area contributed by atoms with Crippen LogP contribution in [0.25, 0.3) is 0 Å². The zero-order chi connectivity index (χ0) is 11.5. The minimum atomic E-state index is -4.57. The van der Waals surface area contributed by atoms with E-state index in [1.807, 2.05) is 5.32 Å². The number of carbonyl (C=O) groups is 1. The van der Waals surface area contributed by atoms with Gasteiger partial charge in [-0.3, -0.25) is 4.79 Å². The topological polar surface area (TPSA) is 29.1 Å². The fourth-order valence-corrected chi connectivity index (χ4v) is 1.39. The molecular weight excluding hydrogens is 214 g/mol. The van der Waals surface area contributed by atoms with Gasteiger partial charge in [0.15, 0.2) is 0 Å². The fourth-order valence-electron chi connectivity index (χ4n) is 1.39. The molecule has 0 atom stereocenters. The van der Waals surface area contributed by atoms with Crippen LogP contribution in [0, 0.1) is 5.92 Å². The van der Waals surface area contributed by atoms with Gasteiger partial charge in [0.05, 0.1) is 0 Å². The number of rotatable bonds is 5. The lowest BCUT2D eigenvalue weighted by atomic mass is 9.83. The molecule has 0 bridgehead atoms. The summed E-state index contributed by atoms with van der Waals surface area (Å²) in [6.07, 6.45) is -0.180. The largest absolute Gasteiger partial charge is 0.383 e. The average Bonchev–Trinajstić information content (AvgIpc) is 2.08. The Morgan fingerprint density at radius 3 is 2.40 bits per heavy atom. The number of carbonyl (C=O) groups excluding carboxylic acids is 1. The fraction of sp³-hybridized carbons (Fsp3) is 0.889. The molecule has 1 rings (SSSR count). The molecule has 2 nitrogen and oxygen atoms in total. The van der Waals surface area contributed by atoms with Gasteiger partial charge in [0, 0.05) is 6.54 Å². The number of nitrogens with one attached hydrogen (secondary N) is 1. The Labute approximate surface area is 85.0 Å². The quantitative estimate of drug-likeness (QED) is 0.717. The van der Waals surface area contributed by atoms with Crippen molar-refractivity contribution in [3.63, 3.8) is 0 Å². The minimum absolute atomic E-state index is 0.0474. The van der Waals surface area contributed by atoms with E-state index in [2.05, 4.69) is 0 Å². The molecule has 1 fully saturated rings. The molecule has 0 heterocycles. The van der Waals surface area contributed by atoms with Gasteiger partial charge in [-0.05, 0) is 12.3 Å². The van der Waals surface area contributed by atoms with Crippen molar-refractivity contribution in [2.45, 2.75) is 38.0 Å². The highest BCUT2D eigenvalue weighted by atomic mass is 19.3. The summed E-state index contributed by atoms with van der Waals surface area (Å²) in [5.41, 5.74) is 0. The standard InChI is InChI=1S/C9H13F4NO/c10-7(11)9(12,13)8(15)14-5-4-6-2-1-3-6/h6-7H,1-5H2,(H,14,15). The highest BCUT2D eigenvalue weighted by molar-refractivity contribution is 5.83. The zero-order valence-corrected chi connectivity index (χ0v) is 8.11. The highest BCUT2D eigenvalue weighted by Gasteiger charge is 2.48. The Morgan fingerprint density at radius 1 is 1.40 bits per heavy atom. The first-order valence-electron chi connectivity index (χ1n) is 4.89. The van der Waals surface area contributed by atoms with E-state index in [-0.39, 0.29) is 6.54 Å². The third-order valence-electron chi connectivity index (χ3n) is 2.64. The molecule has 1 N–H and O–H groups in total. The summed E-state index contributed by atoms with van der Waals surface area (Å²) in [6.45, 7) is 0.0474. The van der Waals surface area contributed by atoms with E-state index in [0.29, 0.717) is 12.3 Å². The SMILES string of the molecule is O=C(NCCC1CCC1)C(F)(F)C(F)F. The van der Waals surface area contributed by atoms with E-state index in [4.69, 9.17) is 0 Å². The van der Waals surface area contributed by atoms with Crippen molar-refractivity contribution in [1.82, 2.24) is 5.32 Å². The first-order chi connectivity index (χ1) is 6.94. The molecule has 0 unspecified atom stereocenters. The molecule has 1 saturated carbocycles. The first kappa shape index (κ1) is 12.3. The third kappa shape index (κ3) is 3.07. The lowest BCUT2D eigenvalue weighted by Crippen LogP contribution is -2.45. The van der Waals surface area contributed by atoms with Gasteiger partial charge in [0.25, 0.3) is 5.91 Å². The van der Waals surface area contributed by atoms with Gasteiger partial charge < -0.3 is 5.32 Å². The Morgan fingerprint density at radius 2 is 2.00 bits per heavy atom. The third-order valence-corrected chi connectivity index (χ3v) is 2.64. The summed E-state index contributed by atoms with van der Waals surface area (Å²) in [5.74, 6) is -6.00. The summed E-state index contributed by atoms with van der Waals surface area (Å²) in [6, 6.07) is 0. The van der Waals surface area contributed by atoms with E-state index < -0.39 is 18.3 Å². The van der Waals surface area contributed by atoms with Crippen LogP contribution >= 0.6 is 0 Å². The van der Waals surface area contributed by atoms with Crippen LogP contribution in [0.5, 0.6) is 0 Å². The predicted molar refractivity (Wildman–Crippen MR) is 45.9 cm³/mol. The molecule has 0 saturated heterocycles. The van der Waals surface area contributed by atoms with Crippen LogP contribution in [-0.2, 0) is 4.79 Å². The molecule has 0 aromatic carbocycles. The van der Waals surface area contributed by atoms with E-state index in [1.54, 1.807) is 0 Å². The van der Waals surface area contributed by atoms with E-state index in [1.165, 1.54) is 0 Å². The number of amides is 1. The lowest BCUT2D eigenvalue weighted by Gasteiger charge is -2.25. The normalized spacial score (nSPS) is 17.7. The maximum Gasteiger partial charge on any atom is 0.383 e. The van der Waals surface area contributed by atoms with E-state index >= 15 is 0 Å². The summed E-state index contributed by atoms with van der Waals surface area (Å²) in [7, 11) is 0. The van der Waals surface area contributed by atoms with Gasteiger partial charge in [0.1, 0.15) is 0 Å². The molecule has 6 heteroatoms. The molecular formula is C9H13F4NO. The van der Waals surface area contributed by atoms with Crippen LogP contribution in [0.1, 0.15) is 25.7 Å². The van der Waals surface area contributed by atoms with Gasteiger partial charge in [0.2, 0.25) is 0 Å². The highest BCUT2D eigenvalue weighted by Crippen LogP contribution is 2.29. The van der Waals surface area contributed by atoms with Gasteiger partial charge in [-0.25, -0.2) is 8.78 Å². The maximum atomic E-state index is 12.4. The van der Waals surface area contributed by atoms with Gasteiger partial charge in [-0.1, -0.05) is 19.3 Å². The monoisotopic (exact) mass is 227 g/mol. The number of hydrogen-bond acceptors (Lipinski definition) is 1. The molecule has 15 heavy (non-hydrogen) atoms. The van der Waals surface area contributed by atoms with Crippen molar-refractivity contribution in [3.8, 4) is 0 Å². The van der Waals surface area contributed by atoms with Crippen molar-refractivity contribution in [2.24, 2.45) is 5.92 Å². The first-order valence-corrected chi connectivity index (χ1v) is 4.89. The molecule has 0 radical (unpaired) electrons. The smallest absolute Gasteiger partial charge is 0.351 e. The van der Waals surface area contributed by atoms with Crippen LogP contribution < -0.4 is 5.32 Å². The second-order valence-electron chi connectivity index (χ2n) is 3.77.